The van der Waals surface area contributed by atoms with E-state index in [-0.39, 0.29) is 11.9 Å². The first-order chi connectivity index (χ1) is 13.2. The van der Waals surface area contributed by atoms with Crippen LogP contribution in [0.15, 0.2) is 42.5 Å². The Kier molecular flexibility index (Phi) is 5.30. The molecule has 0 radical (unpaired) electrons. The summed E-state index contributed by atoms with van der Waals surface area (Å²) in [7, 11) is 0. The maximum absolute atomic E-state index is 12.6. The summed E-state index contributed by atoms with van der Waals surface area (Å²) < 4.78 is 11.6. The van der Waals surface area contributed by atoms with Crippen molar-refractivity contribution < 1.29 is 14.3 Å². The van der Waals surface area contributed by atoms with Gasteiger partial charge in [0, 0.05) is 18.2 Å². The van der Waals surface area contributed by atoms with Gasteiger partial charge in [-0.05, 0) is 55.6 Å². The van der Waals surface area contributed by atoms with E-state index in [0.29, 0.717) is 19.8 Å². The molecule has 0 bridgehead atoms. The van der Waals surface area contributed by atoms with Gasteiger partial charge in [-0.25, -0.2) is 0 Å². The highest BCUT2D eigenvalue weighted by Gasteiger charge is 2.28. The highest BCUT2D eigenvalue weighted by Crippen LogP contribution is 2.37. The number of anilines is 1. The number of para-hydroxylation sites is 1. The van der Waals surface area contributed by atoms with E-state index in [1.807, 2.05) is 37.3 Å². The van der Waals surface area contributed by atoms with Crippen LogP contribution in [0.2, 0.25) is 0 Å². The number of rotatable bonds is 4. The molecule has 0 saturated carbocycles. The zero-order chi connectivity index (χ0) is 18.6. The number of likely N-dealkylation sites (tertiary alicyclic amines) is 1. The minimum absolute atomic E-state index is 0.0329. The number of benzene rings is 2. The topological polar surface area (TPSA) is 50.8 Å². The quantitative estimate of drug-likeness (QED) is 0.891. The Morgan fingerprint density at radius 3 is 2.78 bits per heavy atom. The van der Waals surface area contributed by atoms with Gasteiger partial charge in [-0.15, -0.1) is 0 Å². The van der Waals surface area contributed by atoms with E-state index in [4.69, 9.17) is 9.47 Å². The van der Waals surface area contributed by atoms with Crippen molar-refractivity contribution in [2.45, 2.75) is 32.2 Å². The molecule has 2 aliphatic heterocycles. The number of hydrogen-bond acceptors (Lipinski definition) is 4. The predicted octanol–water partition coefficient (Wildman–Crippen LogP) is 3.93. The highest BCUT2D eigenvalue weighted by molar-refractivity contribution is 5.93. The number of carbonyl (C=O) groups is 1. The molecular formula is C22H26N2O3. The summed E-state index contributed by atoms with van der Waals surface area (Å²) in [5, 5.41) is 3.04. The molecule has 27 heavy (non-hydrogen) atoms. The highest BCUT2D eigenvalue weighted by atomic mass is 16.5. The second kappa shape index (κ2) is 8.01. The lowest BCUT2D eigenvalue weighted by atomic mass is 10.0. The Morgan fingerprint density at radius 2 is 1.93 bits per heavy atom. The molecular weight excluding hydrogens is 340 g/mol. The Bertz CT molecular complexity index is 821. The molecule has 1 saturated heterocycles. The van der Waals surface area contributed by atoms with Gasteiger partial charge in [0.1, 0.15) is 0 Å². The summed E-state index contributed by atoms with van der Waals surface area (Å²) in [4.78, 5) is 14.8. The second-order valence-electron chi connectivity index (χ2n) is 7.25. The van der Waals surface area contributed by atoms with Crippen LogP contribution in [0.1, 0.15) is 36.4 Å². The van der Waals surface area contributed by atoms with Crippen LogP contribution in [0.4, 0.5) is 5.69 Å². The first kappa shape index (κ1) is 17.9. The van der Waals surface area contributed by atoms with Crippen molar-refractivity contribution in [3.05, 3.63) is 53.6 Å². The van der Waals surface area contributed by atoms with E-state index in [1.54, 1.807) is 0 Å². The average Bonchev–Trinajstić information content (AvgIpc) is 2.99. The van der Waals surface area contributed by atoms with Gasteiger partial charge in [0.15, 0.2) is 11.5 Å². The van der Waals surface area contributed by atoms with Crippen LogP contribution in [0.5, 0.6) is 11.5 Å². The van der Waals surface area contributed by atoms with Crippen molar-refractivity contribution in [2.75, 3.05) is 31.6 Å². The normalized spacial score (nSPS) is 19.5. The van der Waals surface area contributed by atoms with E-state index in [1.165, 1.54) is 5.56 Å². The van der Waals surface area contributed by atoms with Gasteiger partial charge >= 0.3 is 0 Å². The molecule has 1 N–H and O–H groups in total. The zero-order valence-corrected chi connectivity index (χ0v) is 15.7. The van der Waals surface area contributed by atoms with Crippen molar-refractivity contribution in [2.24, 2.45) is 0 Å². The van der Waals surface area contributed by atoms with Crippen LogP contribution in [0, 0.1) is 6.92 Å². The molecule has 0 unspecified atom stereocenters. The maximum atomic E-state index is 12.6. The smallest absolute Gasteiger partial charge is 0.238 e. The lowest BCUT2D eigenvalue weighted by molar-refractivity contribution is -0.117. The van der Waals surface area contributed by atoms with Crippen LogP contribution in [0.3, 0.4) is 0 Å². The first-order valence-corrected chi connectivity index (χ1v) is 9.70. The van der Waals surface area contributed by atoms with E-state index in [2.05, 4.69) is 22.3 Å². The van der Waals surface area contributed by atoms with Crippen LogP contribution in [-0.2, 0) is 4.79 Å². The van der Waals surface area contributed by atoms with Crippen LogP contribution in [0.25, 0.3) is 0 Å². The second-order valence-corrected chi connectivity index (χ2v) is 7.25. The molecule has 2 aromatic rings. The monoisotopic (exact) mass is 366 g/mol. The average molecular weight is 366 g/mol. The van der Waals surface area contributed by atoms with E-state index in [9.17, 15) is 4.79 Å². The number of carbonyl (C=O) groups excluding carboxylic acids is 1. The standard InChI is InChI=1S/C22H26N2O3/c1-16-6-2-3-7-18(16)23-22(25)15-24-11-4-8-19(24)17-9-10-20-21(14-17)27-13-5-12-26-20/h2-3,6-7,9-10,14,19H,4-5,8,11-13,15H2,1H3,(H,23,25)/t19-/m0/s1. The molecule has 0 spiro atoms. The van der Waals surface area contributed by atoms with E-state index < -0.39 is 0 Å². The number of nitrogens with zero attached hydrogens (tertiary/aromatic N) is 1. The molecule has 2 heterocycles. The molecule has 142 valence electrons. The third-order valence-electron chi connectivity index (χ3n) is 5.29. The van der Waals surface area contributed by atoms with Gasteiger partial charge in [-0.1, -0.05) is 24.3 Å². The fourth-order valence-corrected chi connectivity index (χ4v) is 3.87. The van der Waals surface area contributed by atoms with Gasteiger partial charge < -0.3 is 14.8 Å². The third-order valence-corrected chi connectivity index (χ3v) is 5.29. The van der Waals surface area contributed by atoms with E-state index >= 15 is 0 Å². The summed E-state index contributed by atoms with van der Waals surface area (Å²) in [6.07, 6.45) is 3.05. The molecule has 1 atom stereocenters. The van der Waals surface area contributed by atoms with Crippen molar-refractivity contribution in [1.82, 2.24) is 4.90 Å². The first-order valence-electron chi connectivity index (χ1n) is 9.70. The minimum Gasteiger partial charge on any atom is -0.490 e. The Hall–Kier alpha value is -2.53. The lowest BCUT2D eigenvalue weighted by Crippen LogP contribution is -2.33. The number of hydrogen-bond donors (Lipinski definition) is 1. The number of amides is 1. The van der Waals surface area contributed by atoms with Crippen molar-refractivity contribution in [3.8, 4) is 11.5 Å². The fraction of sp³-hybridized carbons (Fsp3) is 0.409. The molecule has 1 amide bonds. The Balaban J connectivity index is 1.45. The largest absolute Gasteiger partial charge is 0.490 e. The van der Waals surface area contributed by atoms with Crippen LogP contribution in [-0.4, -0.2) is 37.1 Å². The van der Waals surface area contributed by atoms with Crippen molar-refractivity contribution >= 4 is 11.6 Å². The molecule has 2 aromatic carbocycles. The summed E-state index contributed by atoms with van der Waals surface area (Å²) >= 11 is 0. The number of nitrogens with one attached hydrogen (secondary N) is 1. The minimum atomic E-state index is 0.0329. The van der Waals surface area contributed by atoms with Crippen LogP contribution < -0.4 is 14.8 Å². The molecule has 0 aromatic heterocycles. The van der Waals surface area contributed by atoms with Gasteiger partial charge in [0.2, 0.25) is 5.91 Å². The van der Waals surface area contributed by atoms with Gasteiger partial charge in [-0.3, -0.25) is 9.69 Å². The molecule has 0 aliphatic carbocycles. The molecule has 1 fully saturated rings. The van der Waals surface area contributed by atoms with E-state index in [0.717, 1.165) is 48.6 Å². The van der Waals surface area contributed by atoms with Gasteiger partial charge in [0.05, 0.1) is 19.8 Å². The SMILES string of the molecule is Cc1ccccc1NC(=O)CN1CCC[C@H]1c1ccc2c(c1)OCCCO2. The molecule has 2 aliphatic rings. The number of fused-ring (bicyclic) bond motifs is 1. The van der Waals surface area contributed by atoms with Crippen molar-refractivity contribution in [3.63, 3.8) is 0 Å². The zero-order valence-electron chi connectivity index (χ0n) is 15.7. The molecule has 5 nitrogen and oxygen atoms in total. The number of ether oxygens (including phenoxy) is 2. The summed E-state index contributed by atoms with van der Waals surface area (Å²) in [6.45, 7) is 4.71. The third kappa shape index (κ3) is 4.08. The predicted molar refractivity (Wildman–Crippen MR) is 105 cm³/mol. The molecule has 4 rings (SSSR count). The number of aryl methyl sites for hydroxylation is 1. The lowest BCUT2D eigenvalue weighted by Gasteiger charge is -2.25. The fourth-order valence-electron chi connectivity index (χ4n) is 3.87. The maximum Gasteiger partial charge on any atom is 0.238 e. The van der Waals surface area contributed by atoms with Gasteiger partial charge in [0.25, 0.3) is 0 Å². The van der Waals surface area contributed by atoms with Crippen molar-refractivity contribution in [1.29, 1.82) is 0 Å². The van der Waals surface area contributed by atoms with Gasteiger partial charge in [-0.2, -0.15) is 0 Å². The van der Waals surface area contributed by atoms with Crippen LogP contribution >= 0.6 is 0 Å². The Morgan fingerprint density at radius 1 is 1.11 bits per heavy atom. The molecule has 5 heteroatoms. The summed E-state index contributed by atoms with van der Waals surface area (Å²) in [5.41, 5.74) is 3.15. The Labute approximate surface area is 160 Å². The summed E-state index contributed by atoms with van der Waals surface area (Å²) in [5.74, 6) is 1.67. The summed E-state index contributed by atoms with van der Waals surface area (Å²) in [6, 6.07) is 14.3.